The van der Waals surface area contributed by atoms with Crippen LogP contribution in [0.25, 0.3) is 0 Å². The number of rotatable bonds is 6. The van der Waals surface area contributed by atoms with E-state index in [0.717, 1.165) is 42.6 Å². The smallest absolute Gasteiger partial charge is 0.408 e. The zero-order valence-electron chi connectivity index (χ0n) is 17.9. The zero-order valence-corrected chi connectivity index (χ0v) is 17.9. The third-order valence-corrected chi connectivity index (χ3v) is 5.78. The van der Waals surface area contributed by atoms with Gasteiger partial charge in [0.25, 0.3) is 0 Å². The quantitative estimate of drug-likeness (QED) is 0.497. The molecule has 6 nitrogen and oxygen atoms in total. The lowest BCUT2D eigenvalue weighted by Gasteiger charge is -2.32. The molecule has 3 N–H and O–H groups in total. The fourth-order valence-corrected chi connectivity index (χ4v) is 4.06. The van der Waals surface area contributed by atoms with Crippen molar-refractivity contribution in [3.63, 3.8) is 0 Å². The molecule has 0 spiro atoms. The zero-order chi connectivity index (χ0) is 22.3. The predicted molar refractivity (Wildman–Crippen MR) is 122 cm³/mol. The maximum atomic E-state index is 12.7. The average Bonchev–Trinajstić information content (AvgIpc) is 2.82. The summed E-state index contributed by atoms with van der Waals surface area (Å²) in [5, 5.41) is 22.2. The highest BCUT2D eigenvalue weighted by Gasteiger charge is 2.24. The van der Waals surface area contributed by atoms with Crippen LogP contribution in [0.1, 0.15) is 35.6 Å². The summed E-state index contributed by atoms with van der Waals surface area (Å²) in [6.07, 6.45) is 0.953. The van der Waals surface area contributed by atoms with Crippen LogP contribution in [0.2, 0.25) is 0 Å². The van der Waals surface area contributed by atoms with E-state index in [2.05, 4.69) is 10.2 Å². The SMILES string of the molecule is O=C(NC(c1ccccc1)c1ccccc1)OC1CCN(Cc2ccc(O)c(O)c2)CC1. The summed E-state index contributed by atoms with van der Waals surface area (Å²) in [7, 11) is 0. The van der Waals surface area contributed by atoms with Gasteiger partial charge in [0, 0.05) is 19.6 Å². The molecule has 0 radical (unpaired) electrons. The van der Waals surface area contributed by atoms with Gasteiger partial charge in [-0.25, -0.2) is 4.79 Å². The molecule has 0 unspecified atom stereocenters. The van der Waals surface area contributed by atoms with E-state index in [4.69, 9.17) is 4.74 Å². The van der Waals surface area contributed by atoms with E-state index < -0.39 is 6.09 Å². The first kappa shape index (κ1) is 21.7. The highest BCUT2D eigenvalue weighted by molar-refractivity contribution is 5.69. The summed E-state index contributed by atoms with van der Waals surface area (Å²) < 4.78 is 5.75. The Labute approximate surface area is 188 Å². The lowest BCUT2D eigenvalue weighted by molar-refractivity contribution is 0.0476. The molecule has 1 saturated heterocycles. The first-order chi connectivity index (χ1) is 15.6. The Bertz CT molecular complexity index is 979. The van der Waals surface area contributed by atoms with Crippen LogP contribution in [0.3, 0.4) is 0 Å². The third-order valence-electron chi connectivity index (χ3n) is 5.78. The lowest BCUT2D eigenvalue weighted by atomic mass is 9.99. The lowest BCUT2D eigenvalue weighted by Crippen LogP contribution is -2.40. The Kier molecular flexibility index (Phi) is 6.92. The third kappa shape index (κ3) is 5.59. The molecule has 1 aliphatic rings. The van der Waals surface area contributed by atoms with Crippen molar-refractivity contribution in [2.24, 2.45) is 0 Å². The maximum Gasteiger partial charge on any atom is 0.408 e. The number of carbonyl (C=O) groups is 1. The van der Waals surface area contributed by atoms with Gasteiger partial charge in [-0.15, -0.1) is 0 Å². The van der Waals surface area contributed by atoms with Gasteiger partial charge in [0.15, 0.2) is 11.5 Å². The van der Waals surface area contributed by atoms with Crippen molar-refractivity contribution >= 4 is 6.09 Å². The number of alkyl carbamates (subject to hydrolysis) is 1. The molecular formula is C26H28N2O4. The van der Waals surface area contributed by atoms with E-state index in [9.17, 15) is 15.0 Å². The Hall–Kier alpha value is -3.51. The minimum absolute atomic E-state index is 0.108. The monoisotopic (exact) mass is 432 g/mol. The van der Waals surface area contributed by atoms with Crippen molar-refractivity contribution in [2.45, 2.75) is 31.5 Å². The Morgan fingerprint density at radius 3 is 2.06 bits per heavy atom. The van der Waals surface area contributed by atoms with E-state index in [0.29, 0.717) is 6.54 Å². The molecule has 1 aliphatic heterocycles. The minimum atomic E-state index is -0.412. The van der Waals surface area contributed by atoms with Gasteiger partial charge in [0.1, 0.15) is 6.10 Å². The van der Waals surface area contributed by atoms with Gasteiger partial charge in [0.2, 0.25) is 0 Å². The van der Waals surface area contributed by atoms with Crippen molar-refractivity contribution in [3.05, 3.63) is 95.6 Å². The largest absolute Gasteiger partial charge is 0.504 e. The second-order valence-corrected chi connectivity index (χ2v) is 8.10. The molecule has 166 valence electrons. The van der Waals surface area contributed by atoms with Crippen molar-refractivity contribution in [3.8, 4) is 11.5 Å². The Morgan fingerprint density at radius 1 is 0.906 bits per heavy atom. The van der Waals surface area contributed by atoms with Crippen LogP contribution in [0.4, 0.5) is 4.79 Å². The molecule has 0 aliphatic carbocycles. The molecular weight excluding hydrogens is 404 g/mol. The molecule has 1 amide bonds. The van der Waals surface area contributed by atoms with Crippen LogP contribution in [-0.4, -0.2) is 40.4 Å². The number of carbonyl (C=O) groups excluding carboxylic acids is 1. The number of phenolic OH excluding ortho intramolecular Hbond substituents is 2. The van der Waals surface area contributed by atoms with Gasteiger partial charge in [0.05, 0.1) is 6.04 Å². The second-order valence-electron chi connectivity index (χ2n) is 8.10. The van der Waals surface area contributed by atoms with E-state index in [-0.39, 0.29) is 23.6 Å². The summed E-state index contributed by atoms with van der Waals surface area (Å²) in [6.45, 7) is 2.26. The van der Waals surface area contributed by atoms with E-state index in [1.54, 1.807) is 12.1 Å². The predicted octanol–water partition coefficient (Wildman–Crippen LogP) is 4.58. The van der Waals surface area contributed by atoms with Crippen LogP contribution in [0.15, 0.2) is 78.9 Å². The Morgan fingerprint density at radius 2 is 1.50 bits per heavy atom. The molecule has 6 heteroatoms. The Balaban J connectivity index is 1.31. The number of piperidine rings is 1. The molecule has 0 saturated carbocycles. The molecule has 3 aromatic rings. The summed E-state index contributed by atoms with van der Waals surface area (Å²) in [5.41, 5.74) is 2.94. The second kappa shape index (κ2) is 10.2. The van der Waals surface area contributed by atoms with Gasteiger partial charge in [-0.2, -0.15) is 0 Å². The number of amides is 1. The number of phenols is 2. The number of likely N-dealkylation sites (tertiary alicyclic amines) is 1. The summed E-state index contributed by atoms with van der Waals surface area (Å²) in [6, 6.07) is 24.4. The molecule has 1 heterocycles. The molecule has 4 rings (SSSR count). The fourth-order valence-electron chi connectivity index (χ4n) is 4.06. The van der Waals surface area contributed by atoms with Crippen LogP contribution in [0.5, 0.6) is 11.5 Å². The van der Waals surface area contributed by atoms with Gasteiger partial charge in [-0.05, 0) is 41.7 Å². The van der Waals surface area contributed by atoms with Gasteiger partial charge < -0.3 is 20.3 Å². The van der Waals surface area contributed by atoms with Crippen molar-refractivity contribution in [1.29, 1.82) is 0 Å². The molecule has 0 bridgehead atoms. The summed E-state index contributed by atoms with van der Waals surface area (Å²) in [4.78, 5) is 15.0. The topological polar surface area (TPSA) is 82.0 Å². The fraction of sp³-hybridized carbons (Fsp3) is 0.269. The number of ether oxygens (including phenoxy) is 1. The first-order valence-electron chi connectivity index (χ1n) is 10.9. The molecule has 32 heavy (non-hydrogen) atoms. The van der Waals surface area contributed by atoms with Gasteiger partial charge >= 0.3 is 6.09 Å². The number of hydrogen-bond acceptors (Lipinski definition) is 5. The number of nitrogens with one attached hydrogen (secondary N) is 1. The van der Waals surface area contributed by atoms with Crippen LogP contribution < -0.4 is 5.32 Å². The van der Waals surface area contributed by atoms with E-state index >= 15 is 0 Å². The molecule has 3 aromatic carbocycles. The minimum Gasteiger partial charge on any atom is -0.504 e. The number of hydrogen-bond donors (Lipinski definition) is 3. The first-order valence-corrected chi connectivity index (χ1v) is 10.9. The van der Waals surface area contributed by atoms with Crippen LogP contribution in [0, 0.1) is 0 Å². The maximum absolute atomic E-state index is 12.7. The number of benzene rings is 3. The van der Waals surface area contributed by atoms with Crippen molar-refractivity contribution < 1.29 is 19.7 Å². The summed E-state index contributed by atoms with van der Waals surface area (Å²) >= 11 is 0. The van der Waals surface area contributed by atoms with Gasteiger partial charge in [-0.3, -0.25) is 4.90 Å². The average molecular weight is 433 g/mol. The highest BCUT2D eigenvalue weighted by atomic mass is 16.6. The number of nitrogens with zero attached hydrogens (tertiary/aromatic N) is 1. The highest BCUT2D eigenvalue weighted by Crippen LogP contribution is 2.26. The molecule has 1 fully saturated rings. The van der Waals surface area contributed by atoms with Crippen LogP contribution in [-0.2, 0) is 11.3 Å². The standard InChI is InChI=1S/C26H28N2O4/c29-23-12-11-19(17-24(23)30)18-28-15-13-22(14-16-28)32-26(31)27-25(20-7-3-1-4-8-20)21-9-5-2-6-10-21/h1-12,17,22,25,29-30H,13-16,18H2,(H,27,31). The normalized spacial score (nSPS) is 14.9. The molecule has 0 atom stereocenters. The van der Waals surface area contributed by atoms with Gasteiger partial charge in [-0.1, -0.05) is 66.7 Å². The van der Waals surface area contributed by atoms with Crippen molar-refractivity contribution in [2.75, 3.05) is 13.1 Å². The summed E-state index contributed by atoms with van der Waals surface area (Å²) in [5.74, 6) is -0.222. The van der Waals surface area contributed by atoms with E-state index in [1.165, 1.54) is 6.07 Å². The van der Waals surface area contributed by atoms with Crippen molar-refractivity contribution in [1.82, 2.24) is 10.2 Å². The molecule has 0 aromatic heterocycles. The number of aromatic hydroxyl groups is 2. The van der Waals surface area contributed by atoms with E-state index in [1.807, 2.05) is 60.7 Å². The van der Waals surface area contributed by atoms with Crippen LogP contribution >= 0.6 is 0 Å².